The van der Waals surface area contributed by atoms with Gasteiger partial charge in [0.2, 0.25) is 5.91 Å². The number of carbonyl (C=O) groups excluding carboxylic acids is 1. The van der Waals surface area contributed by atoms with Crippen LogP contribution in [0.3, 0.4) is 0 Å². The Morgan fingerprint density at radius 3 is 2.81 bits per heavy atom. The highest BCUT2D eigenvalue weighted by molar-refractivity contribution is 6.31. The third-order valence-electron chi connectivity index (χ3n) is 4.12. The standard InChI is InChI=1S/C15H19ClN4O/c1-10(21)20-5-4-19(9-15(20,2)3)14-7-11(16)6-13-12(14)8-17-18-13/h6-8H,4-5,9H2,1-3H3,(H,17,18). The van der Waals surface area contributed by atoms with E-state index in [2.05, 4.69) is 28.9 Å². The lowest BCUT2D eigenvalue weighted by atomic mass is 9.97. The van der Waals surface area contributed by atoms with E-state index in [1.807, 2.05) is 23.2 Å². The maximum Gasteiger partial charge on any atom is 0.220 e. The maximum absolute atomic E-state index is 11.8. The molecule has 1 saturated heterocycles. The number of H-pyrrole nitrogens is 1. The molecule has 112 valence electrons. The molecule has 0 unspecified atom stereocenters. The van der Waals surface area contributed by atoms with E-state index in [0.717, 1.165) is 29.7 Å². The van der Waals surface area contributed by atoms with Crippen LogP contribution in [0.4, 0.5) is 5.69 Å². The quantitative estimate of drug-likeness (QED) is 0.881. The van der Waals surface area contributed by atoms with Crippen molar-refractivity contribution in [3.63, 3.8) is 0 Å². The molecule has 0 aliphatic carbocycles. The Hall–Kier alpha value is -1.75. The zero-order valence-corrected chi connectivity index (χ0v) is 13.2. The van der Waals surface area contributed by atoms with Crippen LogP contribution in [0.1, 0.15) is 20.8 Å². The van der Waals surface area contributed by atoms with E-state index < -0.39 is 0 Å². The lowest BCUT2D eigenvalue weighted by molar-refractivity contribution is -0.134. The van der Waals surface area contributed by atoms with Crippen molar-refractivity contribution in [2.75, 3.05) is 24.5 Å². The predicted octanol–water partition coefficient (Wildman–Crippen LogP) is 2.66. The minimum Gasteiger partial charge on any atom is -0.367 e. The van der Waals surface area contributed by atoms with Gasteiger partial charge >= 0.3 is 0 Å². The van der Waals surface area contributed by atoms with Crippen LogP contribution in [-0.2, 0) is 4.79 Å². The summed E-state index contributed by atoms with van der Waals surface area (Å²) in [6, 6.07) is 3.85. The third-order valence-corrected chi connectivity index (χ3v) is 4.34. The van der Waals surface area contributed by atoms with Crippen molar-refractivity contribution in [3.8, 4) is 0 Å². The first-order chi connectivity index (χ1) is 9.88. The number of hydrogen-bond donors (Lipinski definition) is 1. The van der Waals surface area contributed by atoms with Crippen molar-refractivity contribution >= 4 is 34.1 Å². The second kappa shape index (κ2) is 4.91. The number of aromatic nitrogens is 2. The number of benzene rings is 1. The van der Waals surface area contributed by atoms with Crippen LogP contribution in [0.25, 0.3) is 10.9 Å². The number of nitrogens with zero attached hydrogens (tertiary/aromatic N) is 3. The van der Waals surface area contributed by atoms with Gasteiger partial charge in [0, 0.05) is 42.7 Å². The number of amides is 1. The molecule has 0 spiro atoms. The molecule has 3 rings (SSSR count). The van der Waals surface area contributed by atoms with E-state index >= 15 is 0 Å². The van der Waals surface area contributed by atoms with Gasteiger partial charge in [-0.25, -0.2) is 0 Å². The number of carbonyl (C=O) groups is 1. The number of anilines is 1. The van der Waals surface area contributed by atoms with Gasteiger partial charge in [0.1, 0.15) is 0 Å². The molecule has 1 fully saturated rings. The molecule has 1 aromatic heterocycles. The van der Waals surface area contributed by atoms with E-state index in [9.17, 15) is 4.79 Å². The number of rotatable bonds is 1. The Kier molecular flexibility index (Phi) is 3.32. The Labute approximate surface area is 128 Å². The molecule has 1 aliphatic rings. The molecule has 21 heavy (non-hydrogen) atoms. The summed E-state index contributed by atoms with van der Waals surface area (Å²) in [5.41, 5.74) is 1.80. The minimum atomic E-state index is -0.206. The van der Waals surface area contributed by atoms with Crippen LogP contribution in [0.5, 0.6) is 0 Å². The van der Waals surface area contributed by atoms with Gasteiger partial charge in [0.05, 0.1) is 17.3 Å². The van der Waals surface area contributed by atoms with E-state index in [1.165, 1.54) is 0 Å². The lowest BCUT2D eigenvalue weighted by Crippen LogP contribution is -2.60. The molecule has 2 aromatic rings. The van der Waals surface area contributed by atoms with Crippen LogP contribution in [0.15, 0.2) is 18.3 Å². The Balaban J connectivity index is 1.97. The van der Waals surface area contributed by atoms with Gasteiger partial charge in [0.15, 0.2) is 0 Å². The molecule has 0 atom stereocenters. The van der Waals surface area contributed by atoms with Crippen LogP contribution in [-0.4, -0.2) is 46.2 Å². The Morgan fingerprint density at radius 2 is 2.14 bits per heavy atom. The van der Waals surface area contributed by atoms with Gasteiger partial charge in [-0.3, -0.25) is 9.89 Å². The fraction of sp³-hybridized carbons (Fsp3) is 0.467. The van der Waals surface area contributed by atoms with Crippen molar-refractivity contribution in [2.45, 2.75) is 26.3 Å². The summed E-state index contributed by atoms with van der Waals surface area (Å²) in [7, 11) is 0. The summed E-state index contributed by atoms with van der Waals surface area (Å²) in [5.74, 6) is 0.124. The zero-order valence-electron chi connectivity index (χ0n) is 12.5. The maximum atomic E-state index is 11.8. The number of nitrogens with one attached hydrogen (secondary N) is 1. The van der Waals surface area contributed by atoms with Crippen LogP contribution < -0.4 is 4.90 Å². The first-order valence-electron chi connectivity index (χ1n) is 7.04. The molecule has 1 aliphatic heterocycles. The zero-order chi connectivity index (χ0) is 15.2. The summed E-state index contributed by atoms with van der Waals surface area (Å²) < 4.78 is 0. The normalized spacial score (nSPS) is 18.3. The molecular formula is C15H19ClN4O. The summed E-state index contributed by atoms with van der Waals surface area (Å²) >= 11 is 6.21. The highest BCUT2D eigenvalue weighted by Gasteiger charge is 2.35. The first kappa shape index (κ1) is 14.2. The van der Waals surface area contributed by atoms with Gasteiger partial charge in [-0.2, -0.15) is 5.10 Å². The summed E-state index contributed by atoms with van der Waals surface area (Å²) in [6.45, 7) is 8.10. The SMILES string of the molecule is CC(=O)N1CCN(c2cc(Cl)cc3[nH]ncc23)CC1(C)C. The van der Waals surface area contributed by atoms with Crippen molar-refractivity contribution in [3.05, 3.63) is 23.4 Å². The highest BCUT2D eigenvalue weighted by Crippen LogP contribution is 2.33. The molecule has 2 heterocycles. The average Bonchev–Trinajstić information content (AvgIpc) is 2.83. The largest absolute Gasteiger partial charge is 0.367 e. The minimum absolute atomic E-state index is 0.124. The van der Waals surface area contributed by atoms with Crippen LogP contribution in [0.2, 0.25) is 5.02 Å². The number of piperazine rings is 1. The van der Waals surface area contributed by atoms with E-state index in [1.54, 1.807) is 6.92 Å². The van der Waals surface area contributed by atoms with E-state index in [4.69, 9.17) is 11.6 Å². The fourth-order valence-electron chi connectivity index (χ4n) is 3.20. The summed E-state index contributed by atoms with van der Waals surface area (Å²) in [4.78, 5) is 16.0. The molecule has 0 saturated carbocycles. The summed E-state index contributed by atoms with van der Waals surface area (Å²) in [5, 5.41) is 8.81. The molecular weight excluding hydrogens is 288 g/mol. The second-order valence-electron chi connectivity index (χ2n) is 6.16. The molecule has 0 bridgehead atoms. The van der Waals surface area contributed by atoms with Crippen LogP contribution >= 0.6 is 11.6 Å². The number of fused-ring (bicyclic) bond motifs is 1. The molecule has 1 amide bonds. The van der Waals surface area contributed by atoms with Crippen molar-refractivity contribution in [2.24, 2.45) is 0 Å². The molecule has 1 aromatic carbocycles. The van der Waals surface area contributed by atoms with Crippen molar-refractivity contribution in [1.29, 1.82) is 0 Å². The van der Waals surface area contributed by atoms with E-state index in [-0.39, 0.29) is 11.4 Å². The number of halogens is 1. The first-order valence-corrected chi connectivity index (χ1v) is 7.42. The number of hydrogen-bond acceptors (Lipinski definition) is 3. The fourth-order valence-corrected chi connectivity index (χ4v) is 3.42. The van der Waals surface area contributed by atoms with Gasteiger partial charge < -0.3 is 9.80 Å². The number of aromatic amines is 1. The van der Waals surface area contributed by atoms with Crippen molar-refractivity contribution in [1.82, 2.24) is 15.1 Å². The average molecular weight is 307 g/mol. The highest BCUT2D eigenvalue weighted by atomic mass is 35.5. The van der Waals surface area contributed by atoms with Gasteiger partial charge in [0.25, 0.3) is 0 Å². The predicted molar refractivity (Wildman–Crippen MR) is 84.8 cm³/mol. The summed E-state index contributed by atoms with van der Waals surface area (Å²) in [6.07, 6.45) is 1.82. The smallest absolute Gasteiger partial charge is 0.220 e. The van der Waals surface area contributed by atoms with Gasteiger partial charge in [-0.15, -0.1) is 0 Å². The molecule has 5 nitrogen and oxygen atoms in total. The monoisotopic (exact) mass is 306 g/mol. The Morgan fingerprint density at radius 1 is 1.38 bits per heavy atom. The second-order valence-corrected chi connectivity index (χ2v) is 6.60. The lowest BCUT2D eigenvalue weighted by Gasteiger charge is -2.47. The molecule has 6 heteroatoms. The Bertz CT molecular complexity index is 694. The van der Waals surface area contributed by atoms with Gasteiger partial charge in [-0.05, 0) is 26.0 Å². The van der Waals surface area contributed by atoms with Crippen molar-refractivity contribution < 1.29 is 4.79 Å². The molecule has 1 N–H and O–H groups in total. The van der Waals surface area contributed by atoms with Crippen LogP contribution in [0, 0.1) is 0 Å². The van der Waals surface area contributed by atoms with Gasteiger partial charge in [-0.1, -0.05) is 11.6 Å². The molecule has 0 radical (unpaired) electrons. The topological polar surface area (TPSA) is 52.2 Å². The van der Waals surface area contributed by atoms with E-state index in [0.29, 0.717) is 11.6 Å². The third kappa shape index (κ3) is 2.46.